The van der Waals surface area contributed by atoms with Crippen LogP contribution in [0.5, 0.6) is 17.6 Å². The SMILES string of the molecule is CCc1c(F)ccc2cc(O)cc(-c3nc4c5c(nc(OCC6(CN7CC8C[C@@]8(CO)C7)CC6)nc5c3F)N3C[C@@H]5CC[C@@H](N5)[C@H]3CO4)c12. The van der Waals surface area contributed by atoms with Crippen LogP contribution in [-0.4, -0.2) is 94.2 Å². The first kappa shape index (κ1) is 30.0. The molecule has 3 N–H and O–H groups in total. The molecule has 6 heterocycles. The zero-order valence-electron chi connectivity index (χ0n) is 27.5. The molecule has 4 aliphatic heterocycles. The Hall–Kier alpha value is -3.87. The number of aliphatic hydroxyl groups is 1. The summed E-state index contributed by atoms with van der Waals surface area (Å²) in [5, 5.41) is 25.8. The highest BCUT2D eigenvalue weighted by atomic mass is 19.1. The number of rotatable bonds is 8. The lowest BCUT2D eigenvalue weighted by Gasteiger charge is -2.40. The number of benzene rings is 2. The van der Waals surface area contributed by atoms with E-state index >= 15 is 8.78 Å². The summed E-state index contributed by atoms with van der Waals surface area (Å²) in [7, 11) is 0. The van der Waals surface area contributed by atoms with E-state index in [1.807, 2.05) is 6.92 Å². The highest BCUT2D eigenvalue weighted by Crippen LogP contribution is 2.59. The van der Waals surface area contributed by atoms with Crippen LogP contribution in [0.25, 0.3) is 32.9 Å². The second kappa shape index (κ2) is 10.6. The predicted octanol–water partition coefficient (Wildman–Crippen LogP) is 4.57. The van der Waals surface area contributed by atoms with E-state index in [1.165, 1.54) is 12.1 Å². The van der Waals surface area contributed by atoms with Gasteiger partial charge in [0.15, 0.2) is 5.82 Å². The van der Waals surface area contributed by atoms with Crippen LogP contribution in [0.15, 0.2) is 24.3 Å². The van der Waals surface area contributed by atoms with Gasteiger partial charge in [-0.25, -0.2) is 13.8 Å². The Kier molecular flexibility index (Phi) is 6.47. The number of aryl methyl sites for hydroxylation is 1. The molecule has 3 saturated heterocycles. The van der Waals surface area contributed by atoms with Crippen LogP contribution >= 0.6 is 0 Å². The standard InChI is InChI=1S/C37H40F2N6O4/c1-2-23-25(38)5-3-19-9-22(47)10-24(28(19)23)31-30(39)32-29-33(45-13-21-4-6-26(40-21)27(45)14-48-34(29)41-31)43-35(42-32)49-18-36(7-8-36)15-44-12-20-11-37(20,16-44)17-46/h3,5,9-10,20-21,26-27,40,46-47H,2,4,6-8,11-18H2,1H3/t20?,21-,26+,27+,37-/m0/s1. The van der Waals surface area contributed by atoms with Gasteiger partial charge in [-0.05, 0) is 79.0 Å². The molecule has 0 amide bonds. The molecule has 49 heavy (non-hydrogen) atoms. The van der Waals surface area contributed by atoms with Gasteiger partial charge in [-0.2, -0.15) is 9.97 Å². The van der Waals surface area contributed by atoms with Crippen LogP contribution in [0, 0.1) is 28.4 Å². The minimum Gasteiger partial charge on any atom is -0.508 e. The molecule has 5 atom stereocenters. The summed E-state index contributed by atoms with van der Waals surface area (Å²) in [5.41, 5.74) is 0.731. The number of hydrogen-bond donors (Lipinski definition) is 3. The average molecular weight is 671 g/mol. The molecule has 2 aromatic heterocycles. The lowest BCUT2D eigenvalue weighted by molar-refractivity contribution is 0.143. The van der Waals surface area contributed by atoms with Crippen molar-refractivity contribution in [3.63, 3.8) is 0 Å². The van der Waals surface area contributed by atoms with Crippen LogP contribution < -0.4 is 19.7 Å². The number of aromatic hydroxyl groups is 1. The van der Waals surface area contributed by atoms with Crippen LogP contribution in [-0.2, 0) is 6.42 Å². The van der Waals surface area contributed by atoms with E-state index < -0.39 is 11.6 Å². The third-order valence-electron chi connectivity index (χ3n) is 12.4. The van der Waals surface area contributed by atoms with Crippen molar-refractivity contribution < 1.29 is 28.5 Å². The van der Waals surface area contributed by atoms with Crippen molar-refractivity contribution in [3.8, 4) is 28.9 Å². The fourth-order valence-corrected chi connectivity index (χ4v) is 9.48. The Labute approximate surface area is 282 Å². The third kappa shape index (κ3) is 4.63. The Morgan fingerprint density at radius 3 is 2.78 bits per heavy atom. The zero-order chi connectivity index (χ0) is 33.2. The molecule has 5 fully saturated rings. The van der Waals surface area contributed by atoms with Crippen molar-refractivity contribution in [2.45, 2.75) is 63.6 Å². The van der Waals surface area contributed by atoms with E-state index in [9.17, 15) is 10.2 Å². The number of likely N-dealkylation sites (tertiary alicyclic amines) is 1. The van der Waals surface area contributed by atoms with Gasteiger partial charge in [-0.3, -0.25) is 0 Å². The maximum absolute atomic E-state index is 17.1. The zero-order valence-corrected chi connectivity index (χ0v) is 27.5. The largest absolute Gasteiger partial charge is 0.508 e. The Morgan fingerprint density at radius 2 is 1.98 bits per heavy atom. The van der Waals surface area contributed by atoms with Crippen molar-refractivity contribution >= 4 is 27.5 Å². The summed E-state index contributed by atoms with van der Waals surface area (Å²) in [6, 6.07) is 6.51. The molecule has 0 radical (unpaired) electrons. The number of phenolic OH excluding ortho intramolecular Hbond substituents is 1. The average Bonchev–Trinajstić information content (AvgIpc) is 3.95. The molecule has 6 aliphatic rings. The second-order valence-electron chi connectivity index (χ2n) is 15.6. The number of anilines is 1. The van der Waals surface area contributed by atoms with Crippen LogP contribution in [0.3, 0.4) is 0 Å². The molecule has 10 rings (SSSR count). The summed E-state index contributed by atoms with van der Waals surface area (Å²) in [5.74, 6) is 0.192. The van der Waals surface area contributed by atoms with E-state index in [0.29, 0.717) is 65.7 Å². The summed E-state index contributed by atoms with van der Waals surface area (Å²) in [6.45, 7) is 6.38. The lowest BCUT2D eigenvalue weighted by Crippen LogP contribution is -2.60. The quantitative estimate of drug-likeness (QED) is 0.246. The second-order valence-corrected chi connectivity index (χ2v) is 15.6. The van der Waals surface area contributed by atoms with Gasteiger partial charge in [0.2, 0.25) is 5.88 Å². The number of piperazine rings is 1. The smallest absolute Gasteiger partial charge is 0.319 e. The first-order chi connectivity index (χ1) is 23.8. The summed E-state index contributed by atoms with van der Waals surface area (Å²) in [6.07, 6.45) is 5.61. The molecule has 4 aromatic rings. The molecule has 2 aromatic carbocycles. The number of aromatic nitrogens is 3. The number of fused-ring (bicyclic) bond motifs is 7. The number of hydrogen-bond acceptors (Lipinski definition) is 10. The Morgan fingerprint density at radius 1 is 1.10 bits per heavy atom. The van der Waals surface area contributed by atoms with Crippen LogP contribution in [0.1, 0.15) is 44.6 Å². The van der Waals surface area contributed by atoms with Gasteiger partial charge in [0, 0.05) is 54.7 Å². The van der Waals surface area contributed by atoms with Gasteiger partial charge in [-0.15, -0.1) is 0 Å². The van der Waals surface area contributed by atoms with Crippen molar-refractivity contribution in [2.24, 2.45) is 16.7 Å². The molecular formula is C37H40F2N6O4. The van der Waals surface area contributed by atoms with Gasteiger partial charge in [0.05, 0.1) is 19.3 Å². The highest BCUT2D eigenvalue weighted by Gasteiger charge is 2.60. The summed E-state index contributed by atoms with van der Waals surface area (Å²) < 4.78 is 45.1. The maximum Gasteiger partial charge on any atom is 0.319 e. The van der Waals surface area contributed by atoms with E-state index in [0.717, 1.165) is 51.7 Å². The molecule has 1 unspecified atom stereocenters. The van der Waals surface area contributed by atoms with Gasteiger partial charge in [0.25, 0.3) is 0 Å². The van der Waals surface area contributed by atoms with E-state index in [-0.39, 0.29) is 63.9 Å². The van der Waals surface area contributed by atoms with Crippen LogP contribution in [0.2, 0.25) is 0 Å². The number of nitrogens with one attached hydrogen (secondary N) is 1. The number of pyridine rings is 1. The number of halogens is 2. The monoisotopic (exact) mass is 670 g/mol. The van der Waals surface area contributed by atoms with Gasteiger partial charge >= 0.3 is 6.01 Å². The first-order valence-corrected chi connectivity index (χ1v) is 17.7. The fourth-order valence-electron chi connectivity index (χ4n) is 9.48. The minimum absolute atomic E-state index is 0.0200. The van der Waals surface area contributed by atoms with Crippen molar-refractivity contribution in [3.05, 3.63) is 41.5 Å². The molecule has 0 spiro atoms. The van der Waals surface area contributed by atoms with E-state index in [4.69, 9.17) is 24.4 Å². The first-order valence-electron chi connectivity index (χ1n) is 17.7. The van der Waals surface area contributed by atoms with Crippen molar-refractivity contribution in [1.29, 1.82) is 0 Å². The van der Waals surface area contributed by atoms with Crippen molar-refractivity contribution in [1.82, 2.24) is 25.2 Å². The van der Waals surface area contributed by atoms with Crippen molar-refractivity contribution in [2.75, 3.05) is 50.9 Å². The fraction of sp³-hybridized carbons (Fsp3) is 0.541. The maximum atomic E-state index is 17.1. The molecule has 2 aliphatic carbocycles. The minimum atomic E-state index is -0.697. The number of aliphatic hydroxyl groups excluding tert-OH is 1. The van der Waals surface area contributed by atoms with E-state index in [2.05, 4.69) is 15.1 Å². The molecule has 2 saturated carbocycles. The highest BCUT2D eigenvalue weighted by molar-refractivity contribution is 6.03. The Bertz CT molecular complexity index is 2040. The third-order valence-corrected chi connectivity index (χ3v) is 12.4. The topological polar surface area (TPSA) is 116 Å². The van der Waals surface area contributed by atoms with E-state index in [1.54, 1.807) is 12.1 Å². The molecular weight excluding hydrogens is 630 g/mol. The number of phenols is 1. The van der Waals surface area contributed by atoms with Gasteiger partial charge in [-0.1, -0.05) is 13.0 Å². The Balaban J connectivity index is 1.08. The molecule has 12 heteroatoms. The lowest BCUT2D eigenvalue weighted by atomic mass is 9.94. The number of piperidine rings is 1. The number of ether oxygens (including phenoxy) is 2. The van der Waals surface area contributed by atoms with Crippen LogP contribution in [0.4, 0.5) is 14.6 Å². The predicted molar refractivity (Wildman–Crippen MR) is 179 cm³/mol. The van der Waals surface area contributed by atoms with Gasteiger partial charge in [0.1, 0.15) is 40.6 Å². The normalized spacial score (nSPS) is 29.1. The summed E-state index contributed by atoms with van der Waals surface area (Å²) >= 11 is 0. The van der Waals surface area contributed by atoms with Gasteiger partial charge < -0.3 is 34.8 Å². The summed E-state index contributed by atoms with van der Waals surface area (Å²) in [4.78, 5) is 19.1. The molecule has 2 bridgehead atoms. The molecule has 10 nitrogen and oxygen atoms in total. The number of nitrogens with zero attached hydrogens (tertiary/aromatic N) is 5. The molecule has 256 valence electrons.